The van der Waals surface area contributed by atoms with Gasteiger partial charge in [-0.1, -0.05) is 32.9 Å². The van der Waals surface area contributed by atoms with Gasteiger partial charge in [0.15, 0.2) is 0 Å². The number of methoxy groups -OCH3 is 2. The van der Waals surface area contributed by atoms with Gasteiger partial charge in [0.1, 0.15) is 5.75 Å². The topological polar surface area (TPSA) is 90.2 Å². The SMILES string of the molecule is COC(=O)c1ccc([C@@H]2CC3(CCN2Cc2c(OC)cc(C)c4c2cc(C(C)(C)C)n4C(=O)O)CC(SOC2CCC2)C3)cc1. The van der Waals surface area contributed by atoms with Crippen LogP contribution in [0.15, 0.2) is 36.4 Å². The Morgan fingerprint density at radius 1 is 1.07 bits per heavy atom. The first-order chi connectivity index (χ1) is 21.4. The lowest BCUT2D eigenvalue weighted by atomic mass is 9.60. The molecule has 2 saturated carbocycles. The summed E-state index contributed by atoms with van der Waals surface area (Å²) in [6.07, 6.45) is 7.55. The molecule has 242 valence electrons. The molecule has 3 aromatic rings. The Bertz CT molecular complexity index is 1580. The number of aryl methyl sites for hydroxylation is 1. The fourth-order valence-electron chi connectivity index (χ4n) is 7.54. The van der Waals surface area contributed by atoms with Crippen LogP contribution in [0.2, 0.25) is 0 Å². The van der Waals surface area contributed by atoms with E-state index in [0.29, 0.717) is 23.5 Å². The normalized spacial score (nSPS) is 24.0. The van der Waals surface area contributed by atoms with Crippen LogP contribution < -0.4 is 4.74 Å². The standard InChI is InChI=1S/C36H46N2O6S/c1-22-16-30(42-5)28(27-17-31(35(2,3)4)38(32(22)27)34(40)41)21-37-15-14-36(18-26(19-36)45-44-25-8-7-9-25)20-29(37)23-10-12-24(13-11-23)33(39)43-6/h10-13,16-17,25-26,29H,7-9,14-15,18-21H2,1-6H3,(H,40,41)/t26?,29-,36?/m0/s1. The maximum atomic E-state index is 12.6. The number of rotatable bonds is 8. The second kappa shape index (κ2) is 12.3. The van der Waals surface area contributed by atoms with Crippen molar-refractivity contribution >= 4 is 35.0 Å². The molecule has 0 radical (unpaired) electrons. The summed E-state index contributed by atoms with van der Waals surface area (Å²) in [5, 5.41) is 11.8. The number of esters is 1. The molecule has 3 aliphatic rings. The summed E-state index contributed by atoms with van der Waals surface area (Å²) in [4.78, 5) is 27.3. The van der Waals surface area contributed by atoms with Crippen LogP contribution in [0.4, 0.5) is 4.79 Å². The third kappa shape index (κ3) is 6.11. The van der Waals surface area contributed by atoms with Gasteiger partial charge >= 0.3 is 12.1 Å². The first-order valence-electron chi connectivity index (χ1n) is 16.1. The van der Waals surface area contributed by atoms with E-state index in [9.17, 15) is 14.7 Å². The van der Waals surface area contributed by atoms with Crippen molar-refractivity contribution in [3.8, 4) is 5.75 Å². The molecular formula is C36H46N2O6S. The average molecular weight is 635 g/mol. The summed E-state index contributed by atoms with van der Waals surface area (Å²) in [6, 6.07) is 12.0. The Morgan fingerprint density at radius 2 is 1.78 bits per heavy atom. The number of piperidine rings is 1. The first kappa shape index (κ1) is 32.0. The zero-order chi connectivity index (χ0) is 32.1. The molecule has 6 rings (SSSR count). The largest absolute Gasteiger partial charge is 0.496 e. The van der Waals surface area contributed by atoms with Crippen molar-refractivity contribution in [3.63, 3.8) is 0 Å². The van der Waals surface area contributed by atoms with Crippen LogP contribution in [-0.2, 0) is 20.9 Å². The second-order valence-corrected chi connectivity index (χ2v) is 15.4. The van der Waals surface area contributed by atoms with Gasteiger partial charge in [-0.15, -0.1) is 0 Å². The molecule has 1 saturated heterocycles. The summed E-state index contributed by atoms with van der Waals surface area (Å²) in [5.41, 5.74) is 4.98. The number of hydrogen-bond donors (Lipinski definition) is 1. The van der Waals surface area contributed by atoms with E-state index in [2.05, 4.69) is 23.1 Å². The number of benzene rings is 2. The lowest BCUT2D eigenvalue weighted by Gasteiger charge is -2.55. The summed E-state index contributed by atoms with van der Waals surface area (Å²) in [7, 11) is 3.09. The highest BCUT2D eigenvalue weighted by molar-refractivity contribution is 7.95. The fourth-order valence-corrected chi connectivity index (χ4v) is 8.89. The summed E-state index contributed by atoms with van der Waals surface area (Å²) in [5.74, 6) is 0.435. The number of ether oxygens (including phenoxy) is 2. The molecule has 45 heavy (non-hydrogen) atoms. The van der Waals surface area contributed by atoms with Gasteiger partial charge in [0.05, 0.1) is 31.4 Å². The van der Waals surface area contributed by atoms with Crippen molar-refractivity contribution in [2.24, 2.45) is 5.41 Å². The van der Waals surface area contributed by atoms with Gasteiger partial charge < -0.3 is 18.8 Å². The quantitative estimate of drug-likeness (QED) is 0.196. The predicted molar refractivity (Wildman–Crippen MR) is 177 cm³/mol. The van der Waals surface area contributed by atoms with E-state index in [1.54, 1.807) is 19.2 Å². The summed E-state index contributed by atoms with van der Waals surface area (Å²) in [6.45, 7) is 9.63. The minimum Gasteiger partial charge on any atom is -0.496 e. The summed E-state index contributed by atoms with van der Waals surface area (Å²) >= 11 is 1.71. The maximum absolute atomic E-state index is 12.6. The van der Waals surface area contributed by atoms with Crippen LogP contribution in [0, 0.1) is 12.3 Å². The smallest absolute Gasteiger partial charge is 0.416 e. The lowest BCUT2D eigenvalue weighted by Crippen LogP contribution is -2.49. The van der Waals surface area contributed by atoms with Crippen molar-refractivity contribution in [3.05, 3.63) is 64.3 Å². The number of likely N-dealkylation sites (tertiary alicyclic amines) is 1. The minimum atomic E-state index is -0.976. The highest BCUT2D eigenvalue weighted by Gasteiger charge is 2.50. The molecule has 0 unspecified atom stereocenters. The van der Waals surface area contributed by atoms with Gasteiger partial charge in [0.2, 0.25) is 0 Å². The molecular weight excluding hydrogens is 588 g/mol. The molecule has 2 heterocycles. The second-order valence-electron chi connectivity index (χ2n) is 14.4. The molecule has 1 spiro atoms. The van der Waals surface area contributed by atoms with Gasteiger partial charge in [-0.05, 0) is 111 Å². The highest BCUT2D eigenvalue weighted by Crippen LogP contribution is 2.58. The number of carbonyl (C=O) groups is 2. The molecule has 3 fully saturated rings. The van der Waals surface area contributed by atoms with E-state index < -0.39 is 6.09 Å². The summed E-state index contributed by atoms with van der Waals surface area (Å²) < 4.78 is 18.5. The Balaban J connectivity index is 1.34. The van der Waals surface area contributed by atoms with E-state index in [0.717, 1.165) is 65.7 Å². The van der Waals surface area contributed by atoms with Crippen molar-refractivity contribution in [2.45, 2.75) is 102 Å². The molecule has 9 heteroatoms. The number of aromatic nitrogens is 1. The van der Waals surface area contributed by atoms with Crippen LogP contribution >= 0.6 is 12.0 Å². The predicted octanol–water partition coefficient (Wildman–Crippen LogP) is 8.27. The van der Waals surface area contributed by atoms with Crippen LogP contribution in [0.3, 0.4) is 0 Å². The van der Waals surface area contributed by atoms with Crippen molar-refractivity contribution in [2.75, 3.05) is 20.8 Å². The molecule has 1 aliphatic heterocycles. The number of fused-ring (bicyclic) bond motifs is 1. The molecule has 0 amide bonds. The van der Waals surface area contributed by atoms with Crippen LogP contribution in [0.1, 0.15) is 105 Å². The monoisotopic (exact) mass is 634 g/mol. The molecule has 1 atom stereocenters. The average Bonchev–Trinajstić information content (AvgIpc) is 3.40. The number of carbonyl (C=O) groups excluding carboxylic acids is 1. The Labute approximate surface area is 270 Å². The van der Waals surface area contributed by atoms with Crippen molar-refractivity contribution < 1.29 is 28.4 Å². The van der Waals surface area contributed by atoms with Crippen LogP contribution in [0.25, 0.3) is 10.9 Å². The zero-order valence-electron chi connectivity index (χ0n) is 27.4. The van der Waals surface area contributed by atoms with Gasteiger partial charge in [-0.2, -0.15) is 0 Å². The van der Waals surface area contributed by atoms with Crippen LogP contribution in [0.5, 0.6) is 5.75 Å². The Kier molecular flexibility index (Phi) is 8.74. The number of carboxylic acid groups (broad SMARTS) is 1. The molecule has 2 aliphatic carbocycles. The van der Waals surface area contributed by atoms with E-state index in [4.69, 9.17) is 13.7 Å². The fraction of sp³-hybridized carbons (Fsp3) is 0.556. The van der Waals surface area contributed by atoms with E-state index in [1.165, 1.54) is 36.5 Å². The third-order valence-electron chi connectivity index (χ3n) is 10.3. The van der Waals surface area contributed by atoms with Gasteiger partial charge in [-0.25, -0.2) is 14.2 Å². The van der Waals surface area contributed by atoms with Crippen molar-refractivity contribution in [1.82, 2.24) is 9.47 Å². The molecule has 1 N–H and O–H groups in total. The van der Waals surface area contributed by atoms with Gasteiger partial charge in [0, 0.05) is 39.9 Å². The maximum Gasteiger partial charge on any atom is 0.416 e. The van der Waals surface area contributed by atoms with Gasteiger partial charge in [-0.3, -0.25) is 4.90 Å². The minimum absolute atomic E-state index is 0.133. The Morgan fingerprint density at radius 3 is 2.36 bits per heavy atom. The first-order valence-corrected chi connectivity index (χ1v) is 16.9. The van der Waals surface area contributed by atoms with E-state index in [1.807, 2.05) is 45.9 Å². The molecule has 0 bridgehead atoms. The molecule has 8 nitrogen and oxygen atoms in total. The van der Waals surface area contributed by atoms with Crippen molar-refractivity contribution in [1.29, 1.82) is 0 Å². The van der Waals surface area contributed by atoms with E-state index in [-0.39, 0.29) is 22.8 Å². The van der Waals surface area contributed by atoms with Crippen LogP contribution in [-0.4, -0.2) is 58.8 Å². The van der Waals surface area contributed by atoms with E-state index >= 15 is 0 Å². The molecule has 2 aromatic carbocycles. The molecule has 1 aromatic heterocycles. The lowest BCUT2D eigenvalue weighted by molar-refractivity contribution is -0.00774. The zero-order valence-corrected chi connectivity index (χ0v) is 28.2. The Hall–Kier alpha value is -3.01. The number of nitrogens with zero attached hydrogens (tertiary/aromatic N) is 2. The number of hydrogen-bond acceptors (Lipinski definition) is 7. The van der Waals surface area contributed by atoms with Gasteiger partial charge in [0.25, 0.3) is 0 Å². The third-order valence-corrected chi connectivity index (χ3v) is 11.3. The highest BCUT2D eigenvalue weighted by atomic mass is 32.2.